The van der Waals surface area contributed by atoms with Crippen molar-refractivity contribution in [3.8, 4) is 6.07 Å². The third-order valence-electron chi connectivity index (χ3n) is 2.34. The van der Waals surface area contributed by atoms with Crippen LogP contribution in [0.1, 0.15) is 18.5 Å². The third-order valence-corrected chi connectivity index (χ3v) is 4.30. The maximum Gasteiger partial charge on any atom is 0.144 e. The molecule has 0 amide bonds. The number of hydrogen-bond acceptors (Lipinski definition) is 3. The lowest BCUT2D eigenvalue weighted by molar-refractivity contribution is 0.698. The van der Waals surface area contributed by atoms with Crippen LogP contribution in [0.15, 0.2) is 22.8 Å². The molecule has 0 saturated carbocycles. The van der Waals surface area contributed by atoms with E-state index in [2.05, 4.69) is 27.0 Å². The molecule has 1 aromatic rings. The van der Waals surface area contributed by atoms with E-state index in [0.717, 1.165) is 28.8 Å². The van der Waals surface area contributed by atoms with E-state index < -0.39 is 0 Å². The van der Waals surface area contributed by atoms with Crippen LogP contribution in [-0.2, 0) is 4.75 Å². The van der Waals surface area contributed by atoms with E-state index in [9.17, 15) is 5.26 Å². The minimum atomic E-state index is -0.388. The second kappa shape index (κ2) is 3.92. The van der Waals surface area contributed by atoms with Crippen molar-refractivity contribution in [3.05, 3.63) is 28.5 Å². The highest BCUT2D eigenvalue weighted by Gasteiger charge is 2.37. The molecule has 2 heterocycles. The van der Waals surface area contributed by atoms with Crippen molar-refractivity contribution in [1.82, 2.24) is 4.98 Å². The zero-order valence-corrected chi connectivity index (χ0v) is 9.94. The Balaban J connectivity index is 2.37. The van der Waals surface area contributed by atoms with Gasteiger partial charge in [0.2, 0.25) is 0 Å². The summed E-state index contributed by atoms with van der Waals surface area (Å²) in [5.41, 5.74) is 0.894. The summed E-state index contributed by atoms with van der Waals surface area (Å²) in [6.07, 6.45) is 3.78. The van der Waals surface area contributed by atoms with Gasteiger partial charge in [-0.25, -0.2) is 0 Å². The number of rotatable bonds is 1. The number of halogens is 1. The van der Waals surface area contributed by atoms with E-state index in [1.807, 2.05) is 12.1 Å². The normalized spacial score (nSPS) is 26.0. The Morgan fingerprint density at radius 2 is 2.43 bits per heavy atom. The molecule has 1 unspecified atom stereocenters. The molecule has 0 aliphatic carbocycles. The Labute approximate surface area is 95.9 Å². The van der Waals surface area contributed by atoms with Crippen molar-refractivity contribution in [2.24, 2.45) is 0 Å². The number of aromatic nitrogens is 1. The van der Waals surface area contributed by atoms with Crippen LogP contribution < -0.4 is 0 Å². The van der Waals surface area contributed by atoms with Crippen LogP contribution in [0.5, 0.6) is 0 Å². The van der Waals surface area contributed by atoms with Gasteiger partial charge < -0.3 is 0 Å². The molecule has 0 aromatic carbocycles. The smallest absolute Gasteiger partial charge is 0.144 e. The third kappa shape index (κ3) is 1.67. The van der Waals surface area contributed by atoms with Crippen molar-refractivity contribution in [3.63, 3.8) is 0 Å². The summed E-state index contributed by atoms with van der Waals surface area (Å²) < 4.78 is 0.568. The Hall–Kier alpha value is -0.530. The predicted molar refractivity (Wildman–Crippen MR) is 60.9 cm³/mol. The molecular formula is C10H9BrN2S. The molecule has 72 valence electrons. The second-order valence-electron chi connectivity index (χ2n) is 3.25. The fraction of sp³-hybridized carbons (Fsp3) is 0.400. The minimum absolute atomic E-state index is 0.388. The van der Waals surface area contributed by atoms with Crippen LogP contribution in [0.4, 0.5) is 0 Å². The Kier molecular flexibility index (Phi) is 2.80. The molecule has 1 fully saturated rings. The lowest BCUT2D eigenvalue weighted by Crippen LogP contribution is -2.16. The maximum atomic E-state index is 9.22. The van der Waals surface area contributed by atoms with Gasteiger partial charge in [-0.15, -0.1) is 11.8 Å². The summed E-state index contributed by atoms with van der Waals surface area (Å²) in [6.45, 7) is 0. The Morgan fingerprint density at radius 1 is 1.57 bits per heavy atom. The van der Waals surface area contributed by atoms with Gasteiger partial charge in [0.05, 0.1) is 11.8 Å². The first-order valence-corrected chi connectivity index (χ1v) is 6.22. The summed E-state index contributed by atoms with van der Waals surface area (Å²) in [7, 11) is 0. The fourth-order valence-corrected chi connectivity index (χ4v) is 3.10. The molecule has 4 heteroatoms. The van der Waals surface area contributed by atoms with E-state index >= 15 is 0 Å². The van der Waals surface area contributed by atoms with Crippen LogP contribution >= 0.6 is 27.7 Å². The van der Waals surface area contributed by atoms with Gasteiger partial charge >= 0.3 is 0 Å². The highest BCUT2D eigenvalue weighted by atomic mass is 79.9. The molecule has 0 N–H and O–H groups in total. The molecule has 0 bridgehead atoms. The average molecular weight is 269 g/mol. The molecule has 14 heavy (non-hydrogen) atoms. The standard InChI is InChI=1S/C10H9BrN2S/c11-8-2-3-9(13-6-8)10(7-12)4-1-5-14-10/h2-3,6H,1,4-5H2. The molecule has 1 atom stereocenters. The summed E-state index contributed by atoms with van der Waals surface area (Å²) in [4.78, 5) is 4.31. The first-order chi connectivity index (χ1) is 6.77. The fourth-order valence-electron chi connectivity index (χ4n) is 1.60. The molecule has 0 spiro atoms. The second-order valence-corrected chi connectivity index (χ2v) is 5.56. The van der Waals surface area contributed by atoms with Gasteiger partial charge in [-0.2, -0.15) is 5.26 Å². The van der Waals surface area contributed by atoms with Gasteiger partial charge in [0.1, 0.15) is 4.75 Å². The van der Waals surface area contributed by atoms with Crippen molar-refractivity contribution in [1.29, 1.82) is 5.26 Å². The first-order valence-electron chi connectivity index (χ1n) is 4.44. The number of nitrogens with zero attached hydrogens (tertiary/aromatic N) is 2. The van der Waals surface area contributed by atoms with Gasteiger partial charge in [-0.1, -0.05) is 0 Å². The molecule has 1 aliphatic heterocycles. The average Bonchev–Trinajstić information content (AvgIpc) is 2.68. The zero-order valence-electron chi connectivity index (χ0n) is 7.53. The van der Waals surface area contributed by atoms with Crippen molar-refractivity contribution in [2.75, 3.05) is 5.75 Å². The lowest BCUT2D eigenvalue weighted by Gasteiger charge is -2.18. The molecule has 1 aromatic heterocycles. The van der Waals surface area contributed by atoms with Crippen LogP contribution in [0, 0.1) is 11.3 Å². The Bertz CT molecular complexity index is 363. The molecule has 2 rings (SSSR count). The topological polar surface area (TPSA) is 36.7 Å². The SMILES string of the molecule is N#CC1(c2ccc(Br)cn2)CCCS1. The van der Waals surface area contributed by atoms with E-state index in [4.69, 9.17) is 0 Å². The molecule has 2 nitrogen and oxygen atoms in total. The van der Waals surface area contributed by atoms with E-state index in [0.29, 0.717) is 0 Å². The summed E-state index contributed by atoms with van der Waals surface area (Å²) in [5, 5.41) is 9.22. The number of pyridine rings is 1. The largest absolute Gasteiger partial charge is 0.258 e. The van der Waals surface area contributed by atoms with Gasteiger partial charge in [-0.05, 0) is 46.7 Å². The first kappa shape index (κ1) is 10.0. The Morgan fingerprint density at radius 3 is 2.93 bits per heavy atom. The highest BCUT2D eigenvalue weighted by molar-refractivity contribution is 9.10. The number of thioether (sulfide) groups is 1. The van der Waals surface area contributed by atoms with Crippen LogP contribution in [0.2, 0.25) is 0 Å². The number of hydrogen-bond donors (Lipinski definition) is 0. The van der Waals surface area contributed by atoms with Crippen LogP contribution in [-0.4, -0.2) is 10.7 Å². The van der Waals surface area contributed by atoms with E-state index in [-0.39, 0.29) is 4.75 Å². The van der Waals surface area contributed by atoms with Gasteiger partial charge in [-0.3, -0.25) is 4.98 Å². The van der Waals surface area contributed by atoms with Gasteiger partial charge in [0.25, 0.3) is 0 Å². The number of nitriles is 1. The molecule has 0 radical (unpaired) electrons. The summed E-state index contributed by atoms with van der Waals surface area (Å²) >= 11 is 5.05. The quantitative estimate of drug-likeness (QED) is 0.786. The van der Waals surface area contributed by atoms with E-state index in [1.165, 1.54) is 0 Å². The lowest BCUT2D eigenvalue weighted by atomic mass is 10.0. The van der Waals surface area contributed by atoms with Crippen molar-refractivity contribution >= 4 is 27.7 Å². The van der Waals surface area contributed by atoms with Crippen LogP contribution in [0.3, 0.4) is 0 Å². The van der Waals surface area contributed by atoms with Crippen molar-refractivity contribution < 1.29 is 0 Å². The summed E-state index contributed by atoms with van der Waals surface area (Å²) in [6, 6.07) is 6.28. The van der Waals surface area contributed by atoms with Gasteiger partial charge in [0, 0.05) is 10.7 Å². The van der Waals surface area contributed by atoms with Gasteiger partial charge in [0.15, 0.2) is 0 Å². The molecule has 1 saturated heterocycles. The van der Waals surface area contributed by atoms with E-state index in [1.54, 1.807) is 18.0 Å². The highest BCUT2D eigenvalue weighted by Crippen LogP contribution is 2.45. The molecule has 1 aliphatic rings. The monoisotopic (exact) mass is 268 g/mol. The van der Waals surface area contributed by atoms with Crippen LogP contribution in [0.25, 0.3) is 0 Å². The van der Waals surface area contributed by atoms with Crippen molar-refractivity contribution in [2.45, 2.75) is 17.6 Å². The maximum absolute atomic E-state index is 9.22. The zero-order chi connectivity index (χ0) is 10.0. The summed E-state index contributed by atoms with van der Waals surface area (Å²) in [5.74, 6) is 1.06. The molecular weight excluding hydrogens is 260 g/mol. The predicted octanol–water partition coefficient (Wildman–Crippen LogP) is 3.09. The minimum Gasteiger partial charge on any atom is -0.258 e.